The van der Waals surface area contributed by atoms with Gasteiger partial charge in [0, 0.05) is 12.2 Å². The second-order valence-electron chi connectivity index (χ2n) is 5.31. The van der Waals surface area contributed by atoms with Gasteiger partial charge in [-0.15, -0.1) is 0 Å². The molecule has 92 valence electrons. The maximum atomic E-state index is 9.51. The summed E-state index contributed by atoms with van der Waals surface area (Å²) in [6, 6.07) is 5.22. The Morgan fingerprint density at radius 1 is 1.18 bits per heavy atom. The first-order valence-electron chi connectivity index (χ1n) is 6.71. The molecular weight excluding hydrogens is 212 g/mol. The van der Waals surface area contributed by atoms with Crippen LogP contribution in [0.15, 0.2) is 18.3 Å². The molecule has 0 bridgehead atoms. The highest BCUT2D eigenvalue weighted by Crippen LogP contribution is 2.31. The number of nitrogens with zero attached hydrogens (tertiary/aromatic N) is 1. The van der Waals surface area contributed by atoms with Gasteiger partial charge >= 0.3 is 0 Å². The van der Waals surface area contributed by atoms with Gasteiger partial charge in [-0.25, -0.2) is 0 Å². The summed E-state index contributed by atoms with van der Waals surface area (Å²) in [5, 5.41) is 13.2. The zero-order valence-corrected chi connectivity index (χ0v) is 10.1. The van der Waals surface area contributed by atoms with Gasteiger partial charge in [0.1, 0.15) is 0 Å². The predicted octanol–water partition coefficient (Wildman–Crippen LogP) is 1.96. The monoisotopic (exact) mass is 232 g/mol. The van der Waals surface area contributed by atoms with E-state index in [-0.39, 0.29) is 6.10 Å². The van der Waals surface area contributed by atoms with Crippen LogP contribution in [0.25, 0.3) is 0 Å². The molecule has 2 aliphatic carbocycles. The molecule has 0 amide bonds. The van der Waals surface area contributed by atoms with Gasteiger partial charge < -0.3 is 10.4 Å². The number of fused-ring (bicyclic) bond motifs is 1. The van der Waals surface area contributed by atoms with Crippen LogP contribution in [0.5, 0.6) is 0 Å². The molecule has 1 aromatic rings. The van der Waals surface area contributed by atoms with E-state index in [0.29, 0.717) is 12.1 Å². The van der Waals surface area contributed by atoms with E-state index in [9.17, 15) is 5.11 Å². The topological polar surface area (TPSA) is 45.1 Å². The molecule has 3 heteroatoms. The Bertz CT molecular complexity index is 386. The van der Waals surface area contributed by atoms with Crippen molar-refractivity contribution in [2.75, 3.05) is 0 Å². The van der Waals surface area contributed by atoms with Crippen LogP contribution in [0.1, 0.15) is 49.4 Å². The van der Waals surface area contributed by atoms with Gasteiger partial charge in [0.2, 0.25) is 0 Å². The molecule has 1 fully saturated rings. The average molecular weight is 232 g/mol. The Balaban J connectivity index is 1.64. The Hall–Kier alpha value is -0.930. The van der Waals surface area contributed by atoms with Crippen molar-refractivity contribution in [1.82, 2.24) is 10.3 Å². The quantitative estimate of drug-likeness (QED) is 0.819. The molecule has 0 spiro atoms. The summed E-state index contributed by atoms with van der Waals surface area (Å²) in [6.07, 6.45) is 8.23. The fourth-order valence-corrected chi connectivity index (χ4v) is 3.10. The SMILES string of the molecule is OC1CCC(NC2CCc3cccnc32)CC1. The van der Waals surface area contributed by atoms with Crippen molar-refractivity contribution in [3.8, 4) is 0 Å². The van der Waals surface area contributed by atoms with Gasteiger partial charge in [-0.05, 0) is 50.2 Å². The van der Waals surface area contributed by atoms with Crippen LogP contribution in [-0.2, 0) is 6.42 Å². The lowest BCUT2D eigenvalue weighted by Crippen LogP contribution is -2.36. The number of aryl methyl sites for hydroxylation is 1. The lowest BCUT2D eigenvalue weighted by atomic mass is 9.92. The number of hydrogen-bond acceptors (Lipinski definition) is 3. The van der Waals surface area contributed by atoms with Crippen LogP contribution in [0.4, 0.5) is 0 Å². The average Bonchev–Trinajstić information content (AvgIpc) is 2.76. The third-order valence-electron chi connectivity index (χ3n) is 4.09. The lowest BCUT2D eigenvalue weighted by molar-refractivity contribution is 0.114. The van der Waals surface area contributed by atoms with Crippen LogP contribution in [0.3, 0.4) is 0 Å². The number of rotatable bonds is 2. The van der Waals surface area contributed by atoms with Crippen molar-refractivity contribution in [2.45, 2.75) is 56.7 Å². The van der Waals surface area contributed by atoms with E-state index in [1.807, 2.05) is 12.3 Å². The number of hydrogen-bond donors (Lipinski definition) is 2. The highest BCUT2D eigenvalue weighted by atomic mass is 16.3. The Morgan fingerprint density at radius 3 is 2.82 bits per heavy atom. The molecule has 0 aliphatic heterocycles. The molecule has 1 heterocycles. The third-order valence-corrected chi connectivity index (χ3v) is 4.09. The first kappa shape index (κ1) is 11.2. The number of pyridine rings is 1. The van der Waals surface area contributed by atoms with E-state index in [1.54, 1.807) is 0 Å². The predicted molar refractivity (Wildman–Crippen MR) is 66.7 cm³/mol. The molecule has 2 N–H and O–H groups in total. The van der Waals surface area contributed by atoms with Crippen LogP contribution < -0.4 is 5.32 Å². The molecule has 1 saturated carbocycles. The summed E-state index contributed by atoms with van der Waals surface area (Å²) >= 11 is 0. The Labute approximate surface area is 102 Å². The maximum absolute atomic E-state index is 9.51. The number of aromatic nitrogens is 1. The van der Waals surface area contributed by atoms with Crippen LogP contribution in [-0.4, -0.2) is 22.2 Å². The van der Waals surface area contributed by atoms with Gasteiger partial charge in [0.05, 0.1) is 17.8 Å². The van der Waals surface area contributed by atoms with Crippen molar-refractivity contribution < 1.29 is 5.11 Å². The minimum atomic E-state index is -0.0676. The smallest absolute Gasteiger partial charge is 0.0605 e. The summed E-state index contributed by atoms with van der Waals surface area (Å²) < 4.78 is 0. The molecule has 1 aromatic heterocycles. The van der Waals surface area contributed by atoms with Gasteiger partial charge in [0.15, 0.2) is 0 Å². The van der Waals surface area contributed by atoms with Crippen molar-refractivity contribution in [1.29, 1.82) is 0 Å². The van der Waals surface area contributed by atoms with Gasteiger partial charge in [-0.1, -0.05) is 6.07 Å². The van der Waals surface area contributed by atoms with Crippen molar-refractivity contribution in [3.63, 3.8) is 0 Å². The zero-order chi connectivity index (χ0) is 11.7. The fourth-order valence-electron chi connectivity index (χ4n) is 3.10. The first-order valence-corrected chi connectivity index (χ1v) is 6.71. The normalized spacial score (nSPS) is 32.4. The first-order chi connectivity index (χ1) is 8.33. The summed E-state index contributed by atoms with van der Waals surface area (Å²) in [7, 11) is 0. The van der Waals surface area contributed by atoms with Crippen molar-refractivity contribution >= 4 is 0 Å². The van der Waals surface area contributed by atoms with Crippen molar-refractivity contribution in [3.05, 3.63) is 29.6 Å². The van der Waals surface area contributed by atoms with E-state index >= 15 is 0 Å². The molecule has 1 unspecified atom stereocenters. The molecule has 0 radical (unpaired) electrons. The van der Waals surface area contributed by atoms with Crippen LogP contribution >= 0.6 is 0 Å². The van der Waals surface area contributed by atoms with E-state index < -0.39 is 0 Å². The lowest BCUT2D eigenvalue weighted by Gasteiger charge is -2.29. The molecule has 3 nitrogen and oxygen atoms in total. The van der Waals surface area contributed by atoms with E-state index in [1.165, 1.54) is 17.7 Å². The largest absolute Gasteiger partial charge is 0.393 e. The second kappa shape index (κ2) is 4.75. The standard InChI is InChI=1S/C14H20N2O/c17-12-6-4-11(5-7-12)16-13-8-3-10-2-1-9-15-14(10)13/h1-2,9,11-13,16-17H,3-8H2. The van der Waals surface area contributed by atoms with Gasteiger partial charge in [-0.2, -0.15) is 0 Å². The number of aliphatic hydroxyl groups excluding tert-OH is 1. The summed E-state index contributed by atoms with van der Waals surface area (Å²) in [6.45, 7) is 0. The van der Waals surface area contributed by atoms with Crippen LogP contribution in [0, 0.1) is 0 Å². The summed E-state index contributed by atoms with van der Waals surface area (Å²) in [5.41, 5.74) is 2.65. The number of aliphatic hydroxyl groups is 1. The molecule has 17 heavy (non-hydrogen) atoms. The van der Waals surface area contributed by atoms with Gasteiger partial charge in [-0.3, -0.25) is 4.98 Å². The molecule has 1 atom stereocenters. The molecule has 0 saturated heterocycles. The highest BCUT2D eigenvalue weighted by Gasteiger charge is 2.27. The molecule has 0 aromatic carbocycles. The van der Waals surface area contributed by atoms with E-state index in [0.717, 1.165) is 32.1 Å². The van der Waals surface area contributed by atoms with Crippen molar-refractivity contribution in [2.24, 2.45) is 0 Å². The van der Waals surface area contributed by atoms with E-state index in [2.05, 4.69) is 16.4 Å². The third kappa shape index (κ3) is 2.35. The van der Waals surface area contributed by atoms with Gasteiger partial charge in [0.25, 0.3) is 0 Å². The Morgan fingerprint density at radius 2 is 2.00 bits per heavy atom. The second-order valence-corrected chi connectivity index (χ2v) is 5.31. The summed E-state index contributed by atoms with van der Waals surface area (Å²) in [5.74, 6) is 0. The minimum Gasteiger partial charge on any atom is -0.393 e. The molecular formula is C14H20N2O. The van der Waals surface area contributed by atoms with Crippen LogP contribution in [0.2, 0.25) is 0 Å². The zero-order valence-electron chi connectivity index (χ0n) is 10.1. The number of nitrogens with one attached hydrogen (secondary N) is 1. The highest BCUT2D eigenvalue weighted by molar-refractivity contribution is 5.28. The molecule has 3 rings (SSSR count). The summed E-state index contributed by atoms with van der Waals surface area (Å²) in [4.78, 5) is 4.51. The maximum Gasteiger partial charge on any atom is 0.0605 e. The fraction of sp³-hybridized carbons (Fsp3) is 0.643. The molecule has 2 aliphatic rings. The Kier molecular flexibility index (Phi) is 3.12. The minimum absolute atomic E-state index is 0.0676. The van der Waals surface area contributed by atoms with E-state index in [4.69, 9.17) is 0 Å².